The summed E-state index contributed by atoms with van der Waals surface area (Å²) in [4.78, 5) is 8.89. The number of unbranched alkanes of at least 4 members (excludes halogenated alkanes) is 1. The van der Waals surface area contributed by atoms with Crippen molar-refractivity contribution in [2.75, 3.05) is 30.0 Å². The Bertz CT molecular complexity index is 967. The molecule has 0 aliphatic heterocycles. The van der Waals surface area contributed by atoms with Gasteiger partial charge < -0.3 is 10.6 Å². The minimum absolute atomic E-state index is 0.161. The van der Waals surface area contributed by atoms with Crippen molar-refractivity contribution < 1.29 is 12.6 Å². The predicted molar refractivity (Wildman–Crippen MR) is 114 cm³/mol. The van der Waals surface area contributed by atoms with E-state index in [1.807, 2.05) is 12.2 Å². The Labute approximate surface area is 171 Å². The fourth-order valence-corrected chi connectivity index (χ4v) is 2.76. The van der Waals surface area contributed by atoms with Gasteiger partial charge in [0.05, 0.1) is 24.5 Å². The SMILES string of the molecule is CCCNc1nc(Nc2ccc(C#N)cc2)ncc1C=CCCCOS(C)(=O)=O. The van der Waals surface area contributed by atoms with Gasteiger partial charge in [-0.3, -0.25) is 4.18 Å². The predicted octanol–water partition coefficient (Wildman–Crippen LogP) is 3.68. The first-order valence-electron chi connectivity index (χ1n) is 9.30. The molecule has 1 heterocycles. The van der Waals surface area contributed by atoms with Crippen molar-refractivity contribution in [2.45, 2.75) is 26.2 Å². The van der Waals surface area contributed by atoms with Crippen molar-refractivity contribution in [3.63, 3.8) is 0 Å². The van der Waals surface area contributed by atoms with Gasteiger partial charge in [0, 0.05) is 24.0 Å². The van der Waals surface area contributed by atoms with Crippen LogP contribution in [0.15, 0.2) is 36.5 Å². The summed E-state index contributed by atoms with van der Waals surface area (Å²) < 4.78 is 26.6. The summed E-state index contributed by atoms with van der Waals surface area (Å²) in [5.41, 5.74) is 2.22. The molecule has 0 fully saturated rings. The fraction of sp³-hybridized carbons (Fsp3) is 0.350. The zero-order valence-corrected chi connectivity index (χ0v) is 17.4. The van der Waals surface area contributed by atoms with Crippen LogP contribution < -0.4 is 10.6 Å². The summed E-state index contributed by atoms with van der Waals surface area (Å²) in [5, 5.41) is 15.3. The quantitative estimate of drug-likeness (QED) is 0.421. The molecule has 0 saturated heterocycles. The summed E-state index contributed by atoms with van der Waals surface area (Å²) in [5.74, 6) is 1.16. The molecule has 0 aliphatic carbocycles. The summed E-state index contributed by atoms with van der Waals surface area (Å²) in [7, 11) is -3.39. The van der Waals surface area contributed by atoms with E-state index in [4.69, 9.17) is 9.44 Å². The van der Waals surface area contributed by atoms with Crippen molar-refractivity contribution in [2.24, 2.45) is 0 Å². The fourth-order valence-electron chi connectivity index (χ4n) is 2.34. The lowest BCUT2D eigenvalue weighted by Gasteiger charge is -2.11. The third-order valence-electron chi connectivity index (χ3n) is 3.74. The smallest absolute Gasteiger partial charge is 0.264 e. The minimum Gasteiger partial charge on any atom is -0.369 e. The lowest BCUT2D eigenvalue weighted by molar-refractivity contribution is 0.317. The van der Waals surface area contributed by atoms with Gasteiger partial charge in [0.15, 0.2) is 0 Å². The molecular formula is C20H25N5O3S. The first-order valence-corrected chi connectivity index (χ1v) is 11.1. The van der Waals surface area contributed by atoms with Gasteiger partial charge in [-0.1, -0.05) is 19.1 Å². The van der Waals surface area contributed by atoms with Crippen molar-refractivity contribution >= 4 is 33.6 Å². The highest BCUT2D eigenvalue weighted by Gasteiger charge is 2.06. The third-order valence-corrected chi connectivity index (χ3v) is 4.33. The maximum atomic E-state index is 10.9. The van der Waals surface area contributed by atoms with Crippen LogP contribution in [0.25, 0.3) is 6.08 Å². The van der Waals surface area contributed by atoms with Gasteiger partial charge in [-0.2, -0.15) is 18.7 Å². The number of hydrogen-bond acceptors (Lipinski definition) is 8. The van der Waals surface area contributed by atoms with Crippen LogP contribution in [0.4, 0.5) is 17.5 Å². The molecule has 29 heavy (non-hydrogen) atoms. The van der Waals surface area contributed by atoms with Crippen LogP contribution in [-0.2, 0) is 14.3 Å². The van der Waals surface area contributed by atoms with Crippen LogP contribution >= 0.6 is 0 Å². The van der Waals surface area contributed by atoms with Gasteiger partial charge in [0.25, 0.3) is 10.1 Å². The average molecular weight is 416 g/mol. The van der Waals surface area contributed by atoms with Crippen LogP contribution in [0.1, 0.15) is 37.3 Å². The van der Waals surface area contributed by atoms with Crippen molar-refractivity contribution in [1.82, 2.24) is 9.97 Å². The molecular weight excluding hydrogens is 390 g/mol. The second kappa shape index (κ2) is 11.1. The highest BCUT2D eigenvalue weighted by molar-refractivity contribution is 7.85. The minimum atomic E-state index is -3.39. The van der Waals surface area contributed by atoms with E-state index in [1.165, 1.54) is 0 Å². The first kappa shape index (κ1) is 22.3. The topological polar surface area (TPSA) is 117 Å². The van der Waals surface area contributed by atoms with E-state index in [1.54, 1.807) is 30.5 Å². The van der Waals surface area contributed by atoms with Crippen LogP contribution in [0, 0.1) is 11.3 Å². The van der Waals surface area contributed by atoms with Crippen LogP contribution in [0.5, 0.6) is 0 Å². The number of nitriles is 1. The summed E-state index contributed by atoms with van der Waals surface area (Å²) in [6, 6.07) is 9.13. The molecule has 2 rings (SSSR count). The van der Waals surface area contributed by atoms with Crippen LogP contribution in [-0.4, -0.2) is 37.8 Å². The van der Waals surface area contributed by atoms with E-state index < -0.39 is 10.1 Å². The highest BCUT2D eigenvalue weighted by atomic mass is 32.2. The second-order valence-electron chi connectivity index (χ2n) is 6.31. The molecule has 2 N–H and O–H groups in total. The molecule has 0 saturated carbocycles. The maximum absolute atomic E-state index is 10.9. The van der Waals surface area contributed by atoms with Gasteiger partial charge in [-0.25, -0.2) is 4.98 Å². The number of nitrogens with one attached hydrogen (secondary N) is 2. The molecule has 1 aromatic carbocycles. The Morgan fingerprint density at radius 2 is 2.03 bits per heavy atom. The van der Waals surface area contributed by atoms with E-state index in [9.17, 15) is 8.42 Å². The average Bonchev–Trinajstić information content (AvgIpc) is 2.70. The number of rotatable bonds is 11. The molecule has 2 aromatic rings. The van der Waals surface area contributed by atoms with E-state index in [2.05, 4.69) is 33.6 Å². The number of anilines is 3. The molecule has 0 unspecified atom stereocenters. The lowest BCUT2D eigenvalue weighted by Crippen LogP contribution is -2.07. The Morgan fingerprint density at radius 1 is 1.28 bits per heavy atom. The van der Waals surface area contributed by atoms with Gasteiger partial charge in [-0.15, -0.1) is 0 Å². The van der Waals surface area contributed by atoms with E-state index in [0.717, 1.165) is 30.5 Å². The van der Waals surface area contributed by atoms with Gasteiger partial charge >= 0.3 is 0 Å². The largest absolute Gasteiger partial charge is 0.369 e. The number of nitrogens with zero attached hydrogens (tertiary/aromatic N) is 3. The molecule has 8 nitrogen and oxygen atoms in total. The first-order chi connectivity index (χ1) is 13.9. The van der Waals surface area contributed by atoms with Crippen LogP contribution in [0.3, 0.4) is 0 Å². The van der Waals surface area contributed by atoms with E-state index >= 15 is 0 Å². The molecule has 0 atom stereocenters. The van der Waals surface area contributed by atoms with E-state index in [-0.39, 0.29) is 6.61 Å². The monoisotopic (exact) mass is 415 g/mol. The molecule has 1 aromatic heterocycles. The highest BCUT2D eigenvalue weighted by Crippen LogP contribution is 2.19. The number of benzene rings is 1. The van der Waals surface area contributed by atoms with Gasteiger partial charge in [0.2, 0.25) is 5.95 Å². The van der Waals surface area contributed by atoms with Crippen molar-refractivity contribution in [3.8, 4) is 6.07 Å². The van der Waals surface area contributed by atoms with Crippen molar-refractivity contribution in [3.05, 3.63) is 47.7 Å². The Kier molecular flexibility index (Phi) is 8.58. The van der Waals surface area contributed by atoms with Gasteiger partial charge in [0.1, 0.15) is 5.82 Å². The Balaban J connectivity index is 2.03. The molecule has 0 amide bonds. The molecule has 0 aliphatic rings. The molecule has 0 spiro atoms. The normalized spacial score (nSPS) is 11.3. The number of hydrogen-bond donors (Lipinski definition) is 2. The Morgan fingerprint density at radius 3 is 2.69 bits per heavy atom. The molecule has 9 heteroatoms. The number of allylic oxidation sites excluding steroid dienone is 1. The Hall–Kier alpha value is -2.96. The van der Waals surface area contributed by atoms with Crippen molar-refractivity contribution in [1.29, 1.82) is 5.26 Å². The molecule has 0 radical (unpaired) electrons. The summed E-state index contributed by atoms with van der Waals surface area (Å²) in [6.07, 6.45) is 8.84. The zero-order valence-electron chi connectivity index (χ0n) is 16.6. The third kappa shape index (κ3) is 8.29. The maximum Gasteiger partial charge on any atom is 0.264 e. The lowest BCUT2D eigenvalue weighted by atomic mass is 10.2. The number of aromatic nitrogens is 2. The molecule has 154 valence electrons. The molecule has 0 bridgehead atoms. The zero-order chi connectivity index (χ0) is 21.1. The second-order valence-corrected chi connectivity index (χ2v) is 7.95. The van der Waals surface area contributed by atoms with E-state index in [0.29, 0.717) is 30.2 Å². The van der Waals surface area contributed by atoms with Gasteiger partial charge in [-0.05, 0) is 43.5 Å². The van der Waals surface area contributed by atoms with Crippen LogP contribution in [0.2, 0.25) is 0 Å². The summed E-state index contributed by atoms with van der Waals surface area (Å²) >= 11 is 0. The standard InChI is InChI=1S/C20H25N5O3S/c1-3-12-22-19-17(7-5-4-6-13-28-29(2,26)27)15-23-20(25-19)24-18-10-8-16(14-21)9-11-18/h5,7-11,15H,3-4,6,12-13H2,1-2H3,(H2,22,23,24,25). The summed E-state index contributed by atoms with van der Waals surface area (Å²) in [6.45, 7) is 3.01.